The van der Waals surface area contributed by atoms with Gasteiger partial charge in [-0.2, -0.15) is 0 Å². The number of ether oxygens (including phenoxy) is 1. The number of hydrogen-bond acceptors (Lipinski definition) is 1. The third-order valence-corrected chi connectivity index (χ3v) is 1.33. The number of rotatable bonds is 2. The average molecular weight is 128 g/mol. The number of hydrogen-bond donors (Lipinski definition) is 0. The van der Waals surface area contributed by atoms with Crippen LogP contribution >= 0.6 is 0 Å². The van der Waals surface area contributed by atoms with Gasteiger partial charge in [0.2, 0.25) is 0 Å². The molecule has 0 N–H and O–H groups in total. The van der Waals surface area contributed by atoms with Gasteiger partial charge in [-0.05, 0) is 0 Å². The van der Waals surface area contributed by atoms with Crippen molar-refractivity contribution >= 4 is 22.0 Å². The molecule has 0 atom stereocenters. The van der Waals surface area contributed by atoms with E-state index in [0.29, 0.717) is 0 Å². The Hall–Kier alpha value is -0.383. The van der Waals surface area contributed by atoms with E-state index in [4.69, 9.17) is 4.74 Å². The summed E-state index contributed by atoms with van der Waals surface area (Å²) >= 11 is 2.07. The van der Waals surface area contributed by atoms with Crippen molar-refractivity contribution in [2.24, 2.45) is 0 Å². The molecule has 1 aromatic carbocycles. The van der Waals surface area contributed by atoms with Crippen LogP contribution in [0.3, 0.4) is 0 Å². The van der Waals surface area contributed by atoms with Crippen LogP contribution < -0.4 is 8.97 Å². The summed E-state index contributed by atoms with van der Waals surface area (Å²) in [6, 6.07) is 8.06. The van der Waals surface area contributed by atoms with E-state index in [0.717, 1.165) is 12.4 Å². The molecule has 0 unspecified atom stereocenters. The molecule has 0 aliphatic rings. The fraction of sp³-hybridized carbons (Fsp3) is 0.250. The Balaban J connectivity index is 2.69. The molecule has 1 rings (SSSR count). The first kappa shape index (κ1) is 7.72. The quantitative estimate of drug-likeness (QED) is 0.537. The van der Waals surface area contributed by atoms with Crippen LogP contribution in [0.5, 0.6) is 5.75 Å². The van der Waals surface area contributed by atoms with E-state index >= 15 is 0 Å². The second-order valence-electron chi connectivity index (χ2n) is 2.25. The van der Waals surface area contributed by atoms with Gasteiger partial charge >= 0.3 is 70.2 Å². The zero-order valence-electron chi connectivity index (χ0n) is 6.42. The van der Waals surface area contributed by atoms with Gasteiger partial charge in [0.05, 0.1) is 0 Å². The van der Waals surface area contributed by atoms with Crippen LogP contribution in [0.25, 0.3) is 0 Å². The van der Waals surface area contributed by atoms with Crippen molar-refractivity contribution in [3.63, 3.8) is 0 Å². The van der Waals surface area contributed by atoms with E-state index in [1.165, 1.54) is 4.24 Å². The molecule has 1 nitrogen and oxygen atoms in total. The Morgan fingerprint density at radius 1 is 1.30 bits per heavy atom. The third-order valence-electron chi connectivity index (χ3n) is 1.33. The summed E-state index contributed by atoms with van der Waals surface area (Å²) in [6.07, 6.45) is 0. The molecule has 1 aromatic rings. The van der Waals surface area contributed by atoms with Gasteiger partial charge in [0.25, 0.3) is 0 Å². The molecule has 0 aliphatic carbocycles. The van der Waals surface area contributed by atoms with Crippen LogP contribution in [0.15, 0.2) is 24.3 Å². The molecule has 0 fully saturated rings. The molecule has 48 valence electrons. The Bertz CT molecular complexity index is 193. The second kappa shape index (κ2) is 3.70. The van der Waals surface area contributed by atoms with Crippen molar-refractivity contribution in [1.29, 1.82) is 0 Å². The van der Waals surface area contributed by atoms with Gasteiger partial charge in [-0.3, -0.25) is 0 Å². The van der Waals surface area contributed by atoms with Crippen LogP contribution in [0.4, 0.5) is 0 Å². The average Bonchev–Trinajstić information content (AvgIpc) is 1.95. The SMILES string of the molecule is [Li][c]1ccc(OCC)cc1. The van der Waals surface area contributed by atoms with Crippen LogP contribution in [-0.2, 0) is 0 Å². The third kappa shape index (κ3) is 2.10. The molecular formula is C8H9LiO. The summed E-state index contributed by atoms with van der Waals surface area (Å²) in [5, 5.41) is 0. The summed E-state index contributed by atoms with van der Waals surface area (Å²) < 4.78 is 6.53. The Labute approximate surface area is 70.6 Å². The first-order valence-corrected chi connectivity index (χ1v) is 3.52. The van der Waals surface area contributed by atoms with E-state index in [9.17, 15) is 0 Å². The zero-order valence-corrected chi connectivity index (χ0v) is 6.42. The summed E-state index contributed by atoms with van der Waals surface area (Å²) in [5.74, 6) is 0.952. The van der Waals surface area contributed by atoms with Crippen molar-refractivity contribution in [2.75, 3.05) is 6.61 Å². The van der Waals surface area contributed by atoms with Crippen LogP contribution in [0.1, 0.15) is 6.92 Å². The summed E-state index contributed by atoms with van der Waals surface area (Å²) in [5.41, 5.74) is 0. The van der Waals surface area contributed by atoms with Crippen molar-refractivity contribution in [2.45, 2.75) is 6.92 Å². The van der Waals surface area contributed by atoms with Gasteiger partial charge in [-0.15, -0.1) is 0 Å². The molecule has 0 spiro atoms. The fourth-order valence-electron chi connectivity index (χ4n) is 0.801. The first-order valence-electron chi connectivity index (χ1n) is 3.52. The van der Waals surface area contributed by atoms with E-state index in [1.54, 1.807) is 0 Å². The maximum atomic E-state index is 5.26. The van der Waals surface area contributed by atoms with Crippen LogP contribution in [0.2, 0.25) is 0 Å². The molecule has 0 amide bonds. The van der Waals surface area contributed by atoms with Gasteiger partial charge in [-0.1, -0.05) is 0 Å². The topological polar surface area (TPSA) is 9.23 Å². The minimum atomic E-state index is 0.739. The van der Waals surface area contributed by atoms with Gasteiger partial charge < -0.3 is 0 Å². The summed E-state index contributed by atoms with van der Waals surface area (Å²) in [7, 11) is 0. The minimum absolute atomic E-state index is 0.739. The molecule has 0 aromatic heterocycles. The predicted octanol–water partition coefficient (Wildman–Crippen LogP) is 0.879. The van der Waals surface area contributed by atoms with Gasteiger partial charge in [0, 0.05) is 0 Å². The second-order valence-corrected chi connectivity index (χ2v) is 2.25. The molecule has 2 heteroatoms. The Kier molecular flexibility index (Phi) is 2.86. The Morgan fingerprint density at radius 2 is 1.90 bits per heavy atom. The summed E-state index contributed by atoms with van der Waals surface area (Å²) in [6.45, 7) is 2.73. The summed E-state index contributed by atoms with van der Waals surface area (Å²) in [4.78, 5) is 0. The van der Waals surface area contributed by atoms with E-state index in [1.807, 2.05) is 31.2 Å². The number of benzene rings is 1. The molecule has 0 heterocycles. The van der Waals surface area contributed by atoms with Gasteiger partial charge in [0.1, 0.15) is 0 Å². The molecule has 0 saturated carbocycles. The van der Waals surface area contributed by atoms with Crippen molar-refractivity contribution in [3.05, 3.63) is 24.3 Å². The van der Waals surface area contributed by atoms with E-state index in [-0.39, 0.29) is 0 Å². The zero-order chi connectivity index (χ0) is 7.40. The molecule has 0 saturated heterocycles. The molecule has 10 heavy (non-hydrogen) atoms. The normalized spacial score (nSPS) is 9.50. The van der Waals surface area contributed by atoms with Crippen molar-refractivity contribution < 1.29 is 4.74 Å². The first-order chi connectivity index (χ1) is 4.83. The molecule has 0 bridgehead atoms. The van der Waals surface area contributed by atoms with Gasteiger partial charge in [-0.25, -0.2) is 0 Å². The maximum absolute atomic E-state index is 5.26. The van der Waals surface area contributed by atoms with Crippen molar-refractivity contribution in [1.82, 2.24) is 0 Å². The standard InChI is InChI=1S/C8H9O.Li/c1-2-9-8-6-4-3-5-7-8;/h4-7H,2H2,1H3;. The monoisotopic (exact) mass is 128 g/mol. The van der Waals surface area contributed by atoms with E-state index in [2.05, 4.69) is 17.7 Å². The molecule has 0 aliphatic heterocycles. The van der Waals surface area contributed by atoms with Gasteiger partial charge in [0.15, 0.2) is 0 Å². The fourth-order valence-corrected chi connectivity index (χ4v) is 0.801. The van der Waals surface area contributed by atoms with Crippen LogP contribution in [0, 0.1) is 0 Å². The predicted molar refractivity (Wildman–Crippen MR) is 43.0 cm³/mol. The molecule has 0 radical (unpaired) electrons. The Morgan fingerprint density at radius 3 is 2.40 bits per heavy atom. The van der Waals surface area contributed by atoms with E-state index < -0.39 is 0 Å². The van der Waals surface area contributed by atoms with Crippen molar-refractivity contribution in [3.8, 4) is 5.75 Å². The molecular weight excluding hydrogens is 119 g/mol. The van der Waals surface area contributed by atoms with Crippen LogP contribution in [-0.4, -0.2) is 24.3 Å².